The number of benzene rings is 4. The molecule has 75 heavy (non-hydrogen) atoms. The Labute approximate surface area is 434 Å². The number of esters is 7. The molecule has 0 aromatic heterocycles. The van der Waals surface area contributed by atoms with Gasteiger partial charge in [-0.25, -0.2) is 33.6 Å². The molecule has 0 fully saturated rings. The van der Waals surface area contributed by atoms with E-state index < -0.39 is 54.0 Å². The van der Waals surface area contributed by atoms with E-state index in [0.29, 0.717) is 61.5 Å². The van der Waals surface area contributed by atoms with Crippen LogP contribution in [0.3, 0.4) is 0 Å². The molecule has 19 nitrogen and oxygen atoms in total. The molecule has 0 aliphatic carbocycles. The quantitative estimate of drug-likeness (QED) is 0.0117. The maximum absolute atomic E-state index is 13.1. The second-order valence-corrected chi connectivity index (χ2v) is 15.7. The molecular formula is C56H59NO18. The molecule has 0 heterocycles. The summed E-state index contributed by atoms with van der Waals surface area (Å²) in [5.74, 6) is -3.18. The molecule has 0 aliphatic rings. The Morgan fingerprint density at radius 1 is 0.453 bits per heavy atom. The fourth-order valence-corrected chi connectivity index (χ4v) is 6.20. The van der Waals surface area contributed by atoms with Crippen molar-refractivity contribution in [2.45, 2.75) is 44.3 Å². The lowest BCUT2D eigenvalue weighted by Crippen LogP contribution is -2.29. The SMILES string of the molecule is C=CC(=O)OCCCCOCC(COc1ccc(C(=O)Oc2ccc(C(=O)OCCc3ccc(OC(=O)c4ccc(OCC(COCCCCOC(=O)C=C)OC(=O)C=C)cc4)c(C=N)c3)cc2)cc1)OC(=O)C=C. The monoisotopic (exact) mass is 1030 g/mol. The van der Waals surface area contributed by atoms with Gasteiger partial charge in [-0.3, -0.25) is 0 Å². The summed E-state index contributed by atoms with van der Waals surface area (Å²) in [6.07, 6.45) is 6.39. The minimum Gasteiger partial charge on any atom is -0.490 e. The van der Waals surface area contributed by atoms with Crippen LogP contribution in [0.4, 0.5) is 0 Å². The van der Waals surface area contributed by atoms with Gasteiger partial charge in [-0.05, 0) is 116 Å². The zero-order valence-electron chi connectivity index (χ0n) is 41.3. The van der Waals surface area contributed by atoms with Gasteiger partial charge in [-0.1, -0.05) is 32.4 Å². The molecule has 0 amide bonds. The third kappa shape index (κ3) is 22.3. The Hall–Kier alpha value is -8.68. The molecule has 2 atom stereocenters. The highest BCUT2D eigenvalue weighted by atomic mass is 16.6. The zero-order valence-corrected chi connectivity index (χ0v) is 41.3. The van der Waals surface area contributed by atoms with E-state index >= 15 is 0 Å². The first kappa shape index (κ1) is 58.9. The fraction of sp³-hybridized carbons (Fsp3) is 0.286. The summed E-state index contributed by atoms with van der Waals surface area (Å²) >= 11 is 0. The van der Waals surface area contributed by atoms with E-state index in [1.54, 1.807) is 42.5 Å². The molecule has 4 rings (SSSR count). The molecule has 396 valence electrons. The highest BCUT2D eigenvalue weighted by Crippen LogP contribution is 2.23. The van der Waals surface area contributed by atoms with Gasteiger partial charge in [-0.2, -0.15) is 0 Å². The summed E-state index contributed by atoms with van der Waals surface area (Å²) in [5.41, 5.74) is 1.65. The summed E-state index contributed by atoms with van der Waals surface area (Å²) in [4.78, 5) is 84.8. The molecule has 4 aromatic rings. The van der Waals surface area contributed by atoms with E-state index in [0.717, 1.165) is 30.5 Å². The number of carbonyl (C=O) groups excluding carboxylic acids is 7. The van der Waals surface area contributed by atoms with Gasteiger partial charge in [0.15, 0.2) is 12.2 Å². The van der Waals surface area contributed by atoms with Crippen LogP contribution < -0.4 is 18.9 Å². The van der Waals surface area contributed by atoms with Crippen LogP contribution in [0, 0.1) is 5.41 Å². The first-order valence-corrected chi connectivity index (χ1v) is 23.5. The summed E-state index contributed by atoms with van der Waals surface area (Å²) in [5, 5.41) is 7.92. The van der Waals surface area contributed by atoms with Gasteiger partial charge in [-0.15, -0.1) is 0 Å². The smallest absolute Gasteiger partial charge is 0.343 e. The van der Waals surface area contributed by atoms with Gasteiger partial charge in [0.1, 0.15) is 36.2 Å². The molecule has 0 aliphatic heterocycles. The normalized spacial score (nSPS) is 11.3. The van der Waals surface area contributed by atoms with Crippen LogP contribution in [0.1, 0.15) is 67.9 Å². The van der Waals surface area contributed by atoms with Crippen molar-refractivity contribution in [3.63, 3.8) is 0 Å². The molecule has 0 bridgehead atoms. The number of nitrogens with one attached hydrogen (secondary N) is 1. The molecule has 0 saturated heterocycles. The second kappa shape index (κ2) is 33.1. The van der Waals surface area contributed by atoms with Gasteiger partial charge < -0.3 is 57.5 Å². The number of hydrogen-bond acceptors (Lipinski definition) is 19. The first-order valence-electron chi connectivity index (χ1n) is 23.5. The highest BCUT2D eigenvalue weighted by molar-refractivity contribution is 5.93. The molecule has 1 N–H and O–H groups in total. The van der Waals surface area contributed by atoms with Crippen LogP contribution in [0.5, 0.6) is 23.0 Å². The van der Waals surface area contributed by atoms with Crippen LogP contribution in [-0.4, -0.2) is 120 Å². The predicted octanol–water partition coefficient (Wildman–Crippen LogP) is 7.53. The molecular weight excluding hydrogens is 975 g/mol. The third-order valence-corrected chi connectivity index (χ3v) is 10.1. The molecule has 0 saturated carbocycles. The van der Waals surface area contributed by atoms with E-state index in [9.17, 15) is 33.6 Å². The van der Waals surface area contributed by atoms with Crippen LogP contribution in [-0.2, 0) is 58.8 Å². The van der Waals surface area contributed by atoms with Crippen LogP contribution >= 0.6 is 0 Å². The van der Waals surface area contributed by atoms with E-state index in [1.807, 2.05) is 0 Å². The van der Waals surface area contributed by atoms with Crippen molar-refractivity contribution in [3.05, 3.63) is 169 Å². The Kier molecular flexibility index (Phi) is 26.0. The van der Waals surface area contributed by atoms with Crippen molar-refractivity contribution in [2.75, 3.05) is 59.5 Å². The second-order valence-electron chi connectivity index (χ2n) is 15.7. The Morgan fingerprint density at radius 3 is 1.33 bits per heavy atom. The standard InChI is InChI=1S/C56H59NO18/c1-5-50(58)67-30-11-9-28-65-35-47(72-52(60)7-3)37-70-44-20-14-41(15-21-44)55(63)74-46-24-18-40(19-25-46)54(62)69-32-27-39-13-26-49(43(33-39)34-57)75-56(64)42-16-22-45(23-17-42)71-38-48(73-53(61)8-4)36-66-29-10-12-31-68-51(59)6-2/h5-8,13-26,33-34,47-48,57H,1-4,9-12,27-32,35-38H2. The number of carbonyl (C=O) groups is 7. The average molecular weight is 1030 g/mol. The van der Waals surface area contributed by atoms with Gasteiger partial charge in [0.25, 0.3) is 0 Å². The molecule has 19 heteroatoms. The van der Waals surface area contributed by atoms with Gasteiger partial charge in [0.2, 0.25) is 0 Å². The molecule has 0 spiro atoms. The van der Waals surface area contributed by atoms with Gasteiger partial charge in [0.05, 0.1) is 49.7 Å². The Morgan fingerprint density at radius 2 is 0.880 bits per heavy atom. The van der Waals surface area contributed by atoms with Crippen molar-refractivity contribution >= 4 is 48.0 Å². The first-order chi connectivity index (χ1) is 36.3. The minimum atomic E-state index is -0.762. The van der Waals surface area contributed by atoms with Crippen LogP contribution in [0.2, 0.25) is 0 Å². The minimum absolute atomic E-state index is 0.00623. The highest BCUT2D eigenvalue weighted by Gasteiger charge is 2.19. The van der Waals surface area contributed by atoms with Gasteiger partial charge >= 0.3 is 41.8 Å². The Bertz CT molecular complexity index is 2570. The Balaban J connectivity index is 1.18. The lowest BCUT2D eigenvalue weighted by atomic mass is 10.1. The maximum atomic E-state index is 13.1. The van der Waals surface area contributed by atoms with E-state index in [2.05, 4.69) is 26.3 Å². The largest absolute Gasteiger partial charge is 0.490 e. The summed E-state index contributed by atoms with van der Waals surface area (Å²) in [6, 6.07) is 22.9. The number of unbranched alkanes of at least 4 members (excludes halogenated alkanes) is 2. The number of ether oxygens (including phenoxy) is 11. The van der Waals surface area contributed by atoms with Crippen molar-refractivity contribution in [1.82, 2.24) is 0 Å². The molecule has 2 unspecified atom stereocenters. The van der Waals surface area contributed by atoms with E-state index in [4.69, 9.17) is 57.5 Å². The zero-order chi connectivity index (χ0) is 54.2. The average Bonchev–Trinajstić information content (AvgIpc) is 3.43. The summed E-state index contributed by atoms with van der Waals surface area (Å²) in [6.45, 7) is 14.6. The lowest BCUT2D eigenvalue weighted by Gasteiger charge is -2.18. The number of hydrogen-bond donors (Lipinski definition) is 1. The van der Waals surface area contributed by atoms with Crippen molar-refractivity contribution in [1.29, 1.82) is 5.41 Å². The fourth-order valence-electron chi connectivity index (χ4n) is 6.20. The van der Waals surface area contributed by atoms with Crippen molar-refractivity contribution in [2.24, 2.45) is 0 Å². The van der Waals surface area contributed by atoms with Crippen LogP contribution in [0.25, 0.3) is 0 Å². The number of rotatable bonds is 35. The van der Waals surface area contributed by atoms with Crippen molar-refractivity contribution in [3.8, 4) is 23.0 Å². The maximum Gasteiger partial charge on any atom is 0.343 e. The van der Waals surface area contributed by atoms with Gasteiger partial charge in [0, 0.05) is 55.7 Å². The topological polar surface area (TPSA) is 245 Å². The van der Waals surface area contributed by atoms with Crippen molar-refractivity contribution < 1.29 is 85.7 Å². The lowest BCUT2D eigenvalue weighted by molar-refractivity contribution is -0.148. The summed E-state index contributed by atoms with van der Waals surface area (Å²) in [7, 11) is 0. The molecule has 0 radical (unpaired) electrons. The summed E-state index contributed by atoms with van der Waals surface area (Å²) < 4.78 is 59.8. The third-order valence-electron chi connectivity index (χ3n) is 10.1. The van der Waals surface area contributed by atoms with Crippen LogP contribution in [0.15, 0.2) is 142 Å². The van der Waals surface area contributed by atoms with E-state index in [-0.39, 0.29) is 80.9 Å². The molecule has 4 aromatic carbocycles. The predicted molar refractivity (Wildman–Crippen MR) is 271 cm³/mol. The van der Waals surface area contributed by atoms with E-state index in [1.165, 1.54) is 48.5 Å².